The number of benzene rings is 3. The summed E-state index contributed by atoms with van der Waals surface area (Å²) < 4.78 is 41.3. The standard InChI is InChI=1S/C22H19BrFN3O3S/c1-16-2-12-21(13-3-16)31(29,30)27(20-10-6-18(23)7-11-20)15-22(28)26-25-14-17-4-8-19(24)9-5-17/h2-14H,15H2,1H3,(H,26,28)/b25-14-. The minimum atomic E-state index is -4.00. The molecule has 0 aliphatic rings. The predicted octanol–water partition coefficient (Wildman–Crippen LogP) is 4.24. The van der Waals surface area contributed by atoms with E-state index in [4.69, 9.17) is 0 Å². The van der Waals surface area contributed by atoms with Crippen molar-refractivity contribution in [3.05, 3.63) is 94.2 Å². The van der Waals surface area contributed by atoms with Crippen LogP contribution in [0.1, 0.15) is 11.1 Å². The number of carbonyl (C=O) groups excluding carboxylic acids is 1. The number of nitrogens with zero attached hydrogens (tertiary/aromatic N) is 2. The number of nitrogens with one attached hydrogen (secondary N) is 1. The van der Waals surface area contributed by atoms with E-state index in [9.17, 15) is 17.6 Å². The Morgan fingerprint density at radius 3 is 2.26 bits per heavy atom. The molecule has 3 aromatic carbocycles. The van der Waals surface area contributed by atoms with Crippen molar-refractivity contribution in [1.29, 1.82) is 0 Å². The van der Waals surface area contributed by atoms with Gasteiger partial charge in [0.25, 0.3) is 15.9 Å². The Labute approximate surface area is 188 Å². The molecule has 0 fully saturated rings. The van der Waals surface area contributed by atoms with Gasteiger partial charge >= 0.3 is 0 Å². The average molecular weight is 504 g/mol. The lowest BCUT2D eigenvalue weighted by atomic mass is 10.2. The van der Waals surface area contributed by atoms with Gasteiger partial charge in [0.15, 0.2) is 0 Å². The first kappa shape index (κ1) is 22.6. The predicted molar refractivity (Wildman–Crippen MR) is 122 cm³/mol. The summed E-state index contributed by atoms with van der Waals surface area (Å²) in [5.41, 5.74) is 4.15. The van der Waals surface area contributed by atoms with E-state index in [-0.39, 0.29) is 10.7 Å². The molecule has 3 aromatic rings. The van der Waals surface area contributed by atoms with E-state index in [1.54, 1.807) is 36.4 Å². The first-order valence-electron chi connectivity index (χ1n) is 9.18. The van der Waals surface area contributed by atoms with Crippen LogP contribution >= 0.6 is 15.9 Å². The molecule has 0 saturated heterocycles. The van der Waals surface area contributed by atoms with Gasteiger partial charge in [-0.15, -0.1) is 0 Å². The smallest absolute Gasteiger partial charge is 0.264 e. The molecule has 0 bridgehead atoms. The van der Waals surface area contributed by atoms with E-state index in [2.05, 4.69) is 26.5 Å². The normalized spacial score (nSPS) is 11.5. The molecule has 0 aromatic heterocycles. The third kappa shape index (κ3) is 5.99. The number of rotatable bonds is 7. The van der Waals surface area contributed by atoms with E-state index in [0.717, 1.165) is 14.3 Å². The van der Waals surface area contributed by atoms with Crippen molar-refractivity contribution in [3.8, 4) is 0 Å². The second kappa shape index (κ2) is 9.84. The molecule has 0 spiro atoms. The molecule has 1 amide bonds. The number of hydrogen-bond acceptors (Lipinski definition) is 4. The topological polar surface area (TPSA) is 78.8 Å². The Morgan fingerprint density at radius 2 is 1.65 bits per heavy atom. The molecule has 9 heteroatoms. The Hall–Kier alpha value is -3.04. The van der Waals surface area contributed by atoms with E-state index >= 15 is 0 Å². The minimum Gasteiger partial charge on any atom is -0.271 e. The Morgan fingerprint density at radius 1 is 1.03 bits per heavy atom. The largest absolute Gasteiger partial charge is 0.271 e. The van der Waals surface area contributed by atoms with Gasteiger partial charge in [-0.3, -0.25) is 9.10 Å². The maximum Gasteiger partial charge on any atom is 0.264 e. The highest BCUT2D eigenvalue weighted by Gasteiger charge is 2.27. The van der Waals surface area contributed by atoms with Gasteiger partial charge in [-0.1, -0.05) is 45.8 Å². The van der Waals surface area contributed by atoms with Crippen LogP contribution in [0.15, 0.2) is 87.3 Å². The summed E-state index contributed by atoms with van der Waals surface area (Å²) in [5.74, 6) is -1.01. The fraction of sp³-hybridized carbons (Fsp3) is 0.0909. The van der Waals surface area contributed by atoms with Crippen LogP contribution in [-0.2, 0) is 14.8 Å². The van der Waals surface area contributed by atoms with Crippen molar-refractivity contribution in [2.45, 2.75) is 11.8 Å². The Balaban J connectivity index is 1.82. The molecule has 0 unspecified atom stereocenters. The number of amides is 1. The first-order valence-corrected chi connectivity index (χ1v) is 11.4. The zero-order chi connectivity index (χ0) is 22.4. The SMILES string of the molecule is Cc1ccc(S(=O)(=O)N(CC(=O)N/N=C\c2ccc(F)cc2)c2ccc(Br)cc2)cc1. The van der Waals surface area contributed by atoms with E-state index in [0.29, 0.717) is 11.3 Å². The maximum atomic E-state index is 13.3. The van der Waals surface area contributed by atoms with Gasteiger partial charge in [0.1, 0.15) is 12.4 Å². The van der Waals surface area contributed by atoms with Crippen LogP contribution in [0.5, 0.6) is 0 Å². The van der Waals surface area contributed by atoms with Gasteiger partial charge in [0.05, 0.1) is 16.8 Å². The first-order chi connectivity index (χ1) is 14.8. The molecule has 0 radical (unpaired) electrons. The number of aryl methyl sites for hydroxylation is 1. The fourth-order valence-electron chi connectivity index (χ4n) is 2.65. The van der Waals surface area contributed by atoms with Crippen molar-refractivity contribution in [1.82, 2.24) is 5.43 Å². The second-order valence-electron chi connectivity index (χ2n) is 6.65. The summed E-state index contributed by atoms with van der Waals surface area (Å²) in [6.45, 7) is 1.38. The van der Waals surface area contributed by atoms with Crippen molar-refractivity contribution < 1.29 is 17.6 Å². The van der Waals surface area contributed by atoms with Crippen molar-refractivity contribution in [3.63, 3.8) is 0 Å². The van der Waals surface area contributed by atoms with E-state index < -0.39 is 22.5 Å². The highest BCUT2D eigenvalue weighted by molar-refractivity contribution is 9.10. The number of halogens is 2. The van der Waals surface area contributed by atoms with Crippen LogP contribution in [0.3, 0.4) is 0 Å². The van der Waals surface area contributed by atoms with Crippen molar-refractivity contribution in [2.24, 2.45) is 5.10 Å². The highest BCUT2D eigenvalue weighted by Crippen LogP contribution is 2.25. The van der Waals surface area contributed by atoms with Crippen molar-refractivity contribution in [2.75, 3.05) is 10.8 Å². The average Bonchev–Trinajstić information content (AvgIpc) is 2.74. The van der Waals surface area contributed by atoms with Gasteiger partial charge in [-0.05, 0) is 61.0 Å². The lowest BCUT2D eigenvalue weighted by molar-refractivity contribution is -0.119. The molecule has 1 N–H and O–H groups in total. The zero-order valence-electron chi connectivity index (χ0n) is 16.5. The molecule has 0 saturated carbocycles. The summed E-state index contributed by atoms with van der Waals surface area (Å²) >= 11 is 3.32. The number of hydrogen-bond donors (Lipinski definition) is 1. The lowest BCUT2D eigenvalue weighted by Crippen LogP contribution is -2.39. The highest BCUT2D eigenvalue weighted by atomic mass is 79.9. The fourth-order valence-corrected chi connectivity index (χ4v) is 4.34. The molecular weight excluding hydrogens is 485 g/mol. The minimum absolute atomic E-state index is 0.0728. The van der Waals surface area contributed by atoms with Gasteiger partial charge in [-0.2, -0.15) is 5.10 Å². The second-order valence-corrected chi connectivity index (χ2v) is 9.42. The molecule has 0 atom stereocenters. The summed E-state index contributed by atoms with van der Waals surface area (Å²) in [5, 5.41) is 3.82. The van der Waals surface area contributed by atoms with E-state index in [1.807, 2.05) is 6.92 Å². The number of carbonyl (C=O) groups is 1. The van der Waals surface area contributed by atoms with Crippen LogP contribution in [0.25, 0.3) is 0 Å². The van der Waals surface area contributed by atoms with Crippen molar-refractivity contribution >= 4 is 43.8 Å². The molecule has 0 aliphatic carbocycles. The van der Waals surface area contributed by atoms with Crippen LogP contribution in [0, 0.1) is 12.7 Å². The van der Waals surface area contributed by atoms with Crippen LogP contribution < -0.4 is 9.73 Å². The van der Waals surface area contributed by atoms with Crippen LogP contribution in [0.4, 0.5) is 10.1 Å². The van der Waals surface area contributed by atoms with Gasteiger partial charge in [0.2, 0.25) is 0 Å². The summed E-state index contributed by atoms with van der Waals surface area (Å²) in [7, 11) is -4.00. The molecule has 31 heavy (non-hydrogen) atoms. The Kier molecular flexibility index (Phi) is 7.19. The summed E-state index contributed by atoms with van der Waals surface area (Å²) in [6.07, 6.45) is 1.34. The van der Waals surface area contributed by atoms with Gasteiger partial charge in [-0.25, -0.2) is 18.2 Å². The van der Waals surface area contributed by atoms with Gasteiger partial charge < -0.3 is 0 Å². The quantitative estimate of drug-likeness (QED) is 0.386. The maximum absolute atomic E-state index is 13.3. The molecule has 3 rings (SSSR count). The number of anilines is 1. The summed E-state index contributed by atoms with van der Waals surface area (Å²) in [6, 6.07) is 18.5. The third-order valence-corrected chi connectivity index (χ3v) is 6.60. The van der Waals surface area contributed by atoms with Crippen LogP contribution in [0.2, 0.25) is 0 Å². The summed E-state index contributed by atoms with van der Waals surface area (Å²) in [4.78, 5) is 12.5. The molecule has 6 nitrogen and oxygen atoms in total. The zero-order valence-corrected chi connectivity index (χ0v) is 18.9. The molecule has 0 aliphatic heterocycles. The lowest BCUT2D eigenvalue weighted by Gasteiger charge is -2.23. The monoisotopic (exact) mass is 503 g/mol. The van der Waals surface area contributed by atoms with Crippen LogP contribution in [-0.4, -0.2) is 27.1 Å². The molecule has 160 valence electrons. The van der Waals surface area contributed by atoms with Gasteiger partial charge in [0, 0.05) is 4.47 Å². The number of hydrazone groups is 1. The van der Waals surface area contributed by atoms with E-state index in [1.165, 1.54) is 42.6 Å². The number of sulfonamides is 1. The third-order valence-electron chi connectivity index (χ3n) is 4.28. The molecule has 0 heterocycles. The molecular formula is C22H19BrFN3O3S. The Bertz CT molecular complexity index is 1180.